The highest BCUT2D eigenvalue weighted by Gasteiger charge is 2.15. The van der Waals surface area contributed by atoms with Gasteiger partial charge in [0.1, 0.15) is 5.75 Å². The van der Waals surface area contributed by atoms with Crippen LogP contribution in [0.15, 0.2) is 29.8 Å². The molecular formula is C17H24O4. The molecule has 0 fully saturated rings. The first-order valence-corrected chi connectivity index (χ1v) is 7.21. The standard InChI is InChI=1S/C17H24O4/c1-4-5-6-16(21-3)12-14(17(18)19)11-13-7-9-15(20-2)10-8-13/h7-11,16H,4-6,12H2,1-3H3,(H,18,19). The minimum atomic E-state index is -0.899. The van der Waals surface area contributed by atoms with Gasteiger partial charge < -0.3 is 14.6 Å². The van der Waals surface area contributed by atoms with E-state index in [4.69, 9.17) is 9.47 Å². The lowest BCUT2D eigenvalue weighted by Crippen LogP contribution is -2.15. The molecule has 4 heteroatoms. The number of carboxylic acid groups (broad SMARTS) is 1. The van der Waals surface area contributed by atoms with Crippen LogP contribution in [0, 0.1) is 0 Å². The first-order chi connectivity index (χ1) is 10.1. The Morgan fingerprint density at radius 1 is 1.29 bits per heavy atom. The van der Waals surface area contributed by atoms with Crippen molar-refractivity contribution in [2.24, 2.45) is 0 Å². The molecule has 21 heavy (non-hydrogen) atoms. The van der Waals surface area contributed by atoms with Crippen molar-refractivity contribution in [3.63, 3.8) is 0 Å². The summed E-state index contributed by atoms with van der Waals surface area (Å²) in [7, 11) is 3.23. The molecule has 0 aliphatic rings. The van der Waals surface area contributed by atoms with Crippen molar-refractivity contribution in [1.82, 2.24) is 0 Å². The molecule has 1 rings (SSSR count). The molecule has 1 unspecified atom stereocenters. The number of aliphatic carboxylic acids is 1. The first kappa shape index (κ1) is 17.2. The molecule has 0 aromatic heterocycles. The van der Waals surface area contributed by atoms with E-state index in [9.17, 15) is 9.90 Å². The van der Waals surface area contributed by atoms with Gasteiger partial charge in [-0.3, -0.25) is 0 Å². The molecule has 0 bridgehead atoms. The second kappa shape index (κ2) is 9.19. The third kappa shape index (κ3) is 6.00. The van der Waals surface area contributed by atoms with Gasteiger partial charge in [0, 0.05) is 19.1 Å². The van der Waals surface area contributed by atoms with E-state index in [1.54, 1.807) is 20.3 Å². The van der Waals surface area contributed by atoms with Gasteiger partial charge in [0.05, 0.1) is 13.2 Å². The summed E-state index contributed by atoms with van der Waals surface area (Å²) in [5, 5.41) is 9.36. The van der Waals surface area contributed by atoms with Crippen LogP contribution in [-0.2, 0) is 9.53 Å². The number of ether oxygens (including phenoxy) is 2. The van der Waals surface area contributed by atoms with E-state index >= 15 is 0 Å². The van der Waals surface area contributed by atoms with Crippen molar-refractivity contribution in [3.8, 4) is 5.75 Å². The van der Waals surface area contributed by atoms with Gasteiger partial charge in [-0.25, -0.2) is 4.79 Å². The summed E-state index contributed by atoms with van der Waals surface area (Å²) in [4.78, 5) is 11.4. The number of carbonyl (C=O) groups is 1. The molecule has 0 spiro atoms. The number of methoxy groups -OCH3 is 2. The van der Waals surface area contributed by atoms with Crippen LogP contribution >= 0.6 is 0 Å². The number of carboxylic acids is 1. The lowest BCUT2D eigenvalue weighted by Gasteiger charge is -2.15. The van der Waals surface area contributed by atoms with Crippen molar-refractivity contribution in [2.45, 2.75) is 38.7 Å². The number of rotatable bonds is 9. The van der Waals surface area contributed by atoms with Gasteiger partial charge in [-0.05, 0) is 30.2 Å². The van der Waals surface area contributed by atoms with Crippen LogP contribution < -0.4 is 4.74 Å². The molecule has 1 atom stereocenters. The van der Waals surface area contributed by atoms with Gasteiger partial charge >= 0.3 is 5.97 Å². The molecular weight excluding hydrogens is 268 g/mol. The predicted molar refractivity (Wildman–Crippen MR) is 83.5 cm³/mol. The van der Waals surface area contributed by atoms with Crippen molar-refractivity contribution < 1.29 is 19.4 Å². The summed E-state index contributed by atoms with van der Waals surface area (Å²) < 4.78 is 10.5. The average Bonchev–Trinajstić information content (AvgIpc) is 2.50. The summed E-state index contributed by atoms with van der Waals surface area (Å²) in [6, 6.07) is 7.32. The van der Waals surface area contributed by atoms with Gasteiger partial charge in [-0.2, -0.15) is 0 Å². The average molecular weight is 292 g/mol. The lowest BCUT2D eigenvalue weighted by atomic mass is 10.0. The molecule has 0 saturated carbocycles. The molecule has 0 heterocycles. The van der Waals surface area contributed by atoms with Crippen LogP contribution in [0.25, 0.3) is 6.08 Å². The summed E-state index contributed by atoms with van der Waals surface area (Å²) in [6.45, 7) is 2.11. The fourth-order valence-corrected chi connectivity index (χ4v) is 2.09. The highest BCUT2D eigenvalue weighted by atomic mass is 16.5. The van der Waals surface area contributed by atoms with Crippen LogP contribution in [0.2, 0.25) is 0 Å². The maximum absolute atomic E-state index is 11.4. The Morgan fingerprint density at radius 3 is 2.43 bits per heavy atom. The molecule has 4 nitrogen and oxygen atoms in total. The Labute approximate surface area is 126 Å². The molecule has 0 amide bonds. The zero-order valence-corrected chi connectivity index (χ0v) is 13.0. The molecule has 0 saturated heterocycles. The molecule has 0 aliphatic heterocycles. The first-order valence-electron chi connectivity index (χ1n) is 7.21. The van der Waals surface area contributed by atoms with Crippen molar-refractivity contribution >= 4 is 12.0 Å². The predicted octanol–water partition coefficient (Wildman–Crippen LogP) is 3.76. The fraction of sp³-hybridized carbons (Fsp3) is 0.471. The topological polar surface area (TPSA) is 55.8 Å². The zero-order valence-electron chi connectivity index (χ0n) is 13.0. The SMILES string of the molecule is CCCCC(CC(=Cc1ccc(OC)cc1)C(=O)O)OC. The van der Waals surface area contributed by atoms with Crippen molar-refractivity contribution in [3.05, 3.63) is 35.4 Å². The van der Waals surface area contributed by atoms with Crippen LogP contribution in [0.3, 0.4) is 0 Å². The zero-order chi connectivity index (χ0) is 15.7. The van der Waals surface area contributed by atoms with E-state index in [1.165, 1.54) is 0 Å². The van der Waals surface area contributed by atoms with Crippen LogP contribution in [0.4, 0.5) is 0 Å². The molecule has 116 valence electrons. The van der Waals surface area contributed by atoms with E-state index < -0.39 is 5.97 Å². The minimum Gasteiger partial charge on any atom is -0.497 e. The van der Waals surface area contributed by atoms with E-state index in [-0.39, 0.29) is 6.10 Å². The van der Waals surface area contributed by atoms with Gasteiger partial charge in [-0.15, -0.1) is 0 Å². The maximum atomic E-state index is 11.4. The summed E-state index contributed by atoms with van der Waals surface area (Å²) in [5.41, 5.74) is 1.21. The van der Waals surface area contributed by atoms with Gasteiger partial charge in [0.2, 0.25) is 0 Å². The van der Waals surface area contributed by atoms with E-state index in [0.717, 1.165) is 30.6 Å². The fourth-order valence-electron chi connectivity index (χ4n) is 2.09. The highest BCUT2D eigenvalue weighted by Crippen LogP contribution is 2.19. The number of hydrogen-bond donors (Lipinski definition) is 1. The summed E-state index contributed by atoms with van der Waals surface area (Å²) in [6.07, 6.45) is 5.04. The Bertz CT molecular complexity index is 462. The van der Waals surface area contributed by atoms with Crippen LogP contribution in [-0.4, -0.2) is 31.4 Å². The van der Waals surface area contributed by atoms with Gasteiger partial charge in [-0.1, -0.05) is 31.9 Å². The molecule has 1 aromatic rings. The third-order valence-corrected chi connectivity index (χ3v) is 3.39. The molecule has 0 radical (unpaired) electrons. The Hall–Kier alpha value is -1.81. The minimum absolute atomic E-state index is 0.0504. The molecule has 0 aliphatic carbocycles. The second-order valence-corrected chi connectivity index (χ2v) is 4.95. The van der Waals surface area contributed by atoms with E-state index in [0.29, 0.717) is 12.0 Å². The Balaban J connectivity index is 2.83. The van der Waals surface area contributed by atoms with E-state index in [1.807, 2.05) is 24.3 Å². The molecule has 1 N–H and O–H groups in total. The number of benzene rings is 1. The summed E-state index contributed by atoms with van der Waals surface area (Å²) >= 11 is 0. The van der Waals surface area contributed by atoms with Crippen molar-refractivity contribution in [2.75, 3.05) is 14.2 Å². The highest BCUT2D eigenvalue weighted by molar-refractivity contribution is 5.92. The second-order valence-electron chi connectivity index (χ2n) is 4.95. The Kier molecular flexibility index (Phi) is 7.54. The normalized spacial score (nSPS) is 13.0. The molecule has 1 aromatic carbocycles. The van der Waals surface area contributed by atoms with Crippen LogP contribution in [0.5, 0.6) is 5.75 Å². The largest absolute Gasteiger partial charge is 0.497 e. The number of hydrogen-bond acceptors (Lipinski definition) is 3. The summed E-state index contributed by atoms with van der Waals surface area (Å²) in [5.74, 6) is -0.147. The van der Waals surface area contributed by atoms with Gasteiger partial charge in [0.25, 0.3) is 0 Å². The van der Waals surface area contributed by atoms with Crippen molar-refractivity contribution in [1.29, 1.82) is 0 Å². The smallest absolute Gasteiger partial charge is 0.331 e. The lowest BCUT2D eigenvalue weighted by molar-refractivity contribution is -0.133. The van der Waals surface area contributed by atoms with Gasteiger partial charge in [0.15, 0.2) is 0 Å². The Morgan fingerprint density at radius 2 is 1.95 bits per heavy atom. The van der Waals surface area contributed by atoms with Crippen LogP contribution in [0.1, 0.15) is 38.2 Å². The monoisotopic (exact) mass is 292 g/mol. The number of unbranched alkanes of at least 4 members (excludes halogenated alkanes) is 1. The maximum Gasteiger partial charge on any atom is 0.331 e. The third-order valence-electron chi connectivity index (χ3n) is 3.39. The van der Waals surface area contributed by atoms with E-state index in [2.05, 4.69) is 6.92 Å². The quantitative estimate of drug-likeness (QED) is 0.704.